The fourth-order valence-corrected chi connectivity index (χ4v) is 5.17. The van der Waals surface area contributed by atoms with Gasteiger partial charge >= 0.3 is 0 Å². The molecule has 7 nitrogen and oxygen atoms in total. The molecule has 1 unspecified atom stereocenters. The van der Waals surface area contributed by atoms with Crippen LogP contribution in [0.5, 0.6) is 0 Å². The maximum Gasteiger partial charge on any atom is 0.274 e. The van der Waals surface area contributed by atoms with Gasteiger partial charge in [0.2, 0.25) is 0 Å². The first-order chi connectivity index (χ1) is 18.5. The second-order valence-electron chi connectivity index (χ2n) is 10.1. The Balaban J connectivity index is 1.40. The highest BCUT2D eigenvalue weighted by Gasteiger charge is 2.24. The number of aliphatic hydroxyl groups excluding tert-OH is 1. The number of rotatable bonds is 8. The normalized spacial score (nSPS) is 18.2. The van der Waals surface area contributed by atoms with Crippen molar-refractivity contribution in [2.24, 2.45) is 5.73 Å². The van der Waals surface area contributed by atoms with Gasteiger partial charge in [0.1, 0.15) is 5.69 Å². The topological polar surface area (TPSA) is 105 Å². The SMILES string of the molecule is Cc1cc(C(=O)Nc2cccc(C(N[C@H]3CC[C@H](O)CC3)c3ccccc3)c2)n(-c2cccc(CN)c2)n1. The van der Waals surface area contributed by atoms with Gasteiger partial charge in [-0.05, 0) is 79.6 Å². The Bertz CT molecular complexity index is 1380. The van der Waals surface area contributed by atoms with Crippen molar-refractivity contribution < 1.29 is 9.90 Å². The minimum atomic E-state index is -0.230. The van der Waals surface area contributed by atoms with E-state index < -0.39 is 0 Å². The van der Waals surface area contributed by atoms with Crippen molar-refractivity contribution in [1.82, 2.24) is 15.1 Å². The van der Waals surface area contributed by atoms with Gasteiger partial charge < -0.3 is 21.5 Å². The molecule has 196 valence electrons. The molecule has 7 heteroatoms. The zero-order valence-corrected chi connectivity index (χ0v) is 21.7. The number of benzene rings is 3. The van der Waals surface area contributed by atoms with Gasteiger partial charge in [-0.3, -0.25) is 4.79 Å². The molecule has 1 fully saturated rings. The van der Waals surface area contributed by atoms with E-state index in [9.17, 15) is 9.90 Å². The van der Waals surface area contributed by atoms with E-state index >= 15 is 0 Å². The zero-order chi connectivity index (χ0) is 26.5. The number of hydrogen-bond acceptors (Lipinski definition) is 5. The summed E-state index contributed by atoms with van der Waals surface area (Å²) in [5.74, 6) is -0.230. The van der Waals surface area contributed by atoms with Crippen LogP contribution in [0.15, 0.2) is 84.9 Å². The highest BCUT2D eigenvalue weighted by molar-refractivity contribution is 6.03. The van der Waals surface area contributed by atoms with Crippen LogP contribution >= 0.6 is 0 Å². The Labute approximate surface area is 223 Å². The number of anilines is 1. The third-order valence-electron chi connectivity index (χ3n) is 7.16. The average molecular weight is 510 g/mol. The maximum atomic E-state index is 13.4. The molecular weight excluding hydrogens is 474 g/mol. The minimum absolute atomic E-state index is 0.0277. The lowest BCUT2D eigenvalue weighted by Gasteiger charge is -2.31. The van der Waals surface area contributed by atoms with Crippen LogP contribution in [0.4, 0.5) is 5.69 Å². The summed E-state index contributed by atoms with van der Waals surface area (Å²) in [5, 5.41) is 21.4. The quantitative estimate of drug-likeness (QED) is 0.271. The number of nitrogens with zero attached hydrogens (tertiary/aromatic N) is 2. The molecule has 5 N–H and O–H groups in total. The molecule has 5 rings (SSSR count). The summed E-state index contributed by atoms with van der Waals surface area (Å²) in [6, 6.07) is 28.2. The predicted octanol–water partition coefficient (Wildman–Crippen LogP) is 4.87. The van der Waals surface area contributed by atoms with E-state index in [0.29, 0.717) is 18.3 Å². The molecular formula is C31H35N5O2. The third kappa shape index (κ3) is 6.02. The molecule has 1 amide bonds. The van der Waals surface area contributed by atoms with Gasteiger partial charge in [-0.1, -0.05) is 54.6 Å². The van der Waals surface area contributed by atoms with Gasteiger partial charge in [-0.2, -0.15) is 5.10 Å². The van der Waals surface area contributed by atoms with E-state index in [-0.39, 0.29) is 18.1 Å². The van der Waals surface area contributed by atoms with Crippen LogP contribution in [0.2, 0.25) is 0 Å². The first-order valence-corrected chi connectivity index (χ1v) is 13.3. The predicted molar refractivity (Wildman–Crippen MR) is 150 cm³/mol. The summed E-state index contributed by atoms with van der Waals surface area (Å²) in [4.78, 5) is 13.4. The highest BCUT2D eigenvalue weighted by Crippen LogP contribution is 2.28. The number of carbonyl (C=O) groups excluding carboxylic acids is 1. The molecule has 0 saturated heterocycles. The molecule has 0 bridgehead atoms. The van der Waals surface area contributed by atoms with E-state index in [1.54, 1.807) is 10.7 Å². The molecule has 1 aliphatic carbocycles. The molecule has 1 aliphatic rings. The number of aliphatic hydroxyl groups is 1. The van der Waals surface area contributed by atoms with Crippen LogP contribution in [0.1, 0.15) is 64.6 Å². The number of aryl methyl sites for hydroxylation is 1. The first kappa shape index (κ1) is 25.9. The van der Waals surface area contributed by atoms with E-state index in [2.05, 4.69) is 33.9 Å². The standard InChI is InChI=1S/C31H35N5O2/c1-21-17-29(36(35-21)27-12-5-7-22(18-27)20-32)31(38)34-26-11-6-10-24(19-26)30(23-8-3-2-4-9-23)33-25-13-15-28(37)16-14-25/h2-12,17-19,25,28,30,33,37H,13-16,20,32H2,1H3,(H,34,38)/t25-,28-,30?. The molecule has 0 aliphatic heterocycles. The Hall–Kier alpha value is -3.78. The Morgan fingerprint density at radius 2 is 1.71 bits per heavy atom. The van der Waals surface area contributed by atoms with Crippen LogP contribution in [0.3, 0.4) is 0 Å². The van der Waals surface area contributed by atoms with Gasteiger partial charge in [0, 0.05) is 18.3 Å². The summed E-state index contributed by atoms with van der Waals surface area (Å²) >= 11 is 0. The van der Waals surface area contributed by atoms with Gasteiger partial charge in [0.15, 0.2) is 0 Å². The van der Waals surface area contributed by atoms with Crippen molar-refractivity contribution in [3.8, 4) is 5.69 Å². The zero-order valence-electron chi connectivity index (χ0n) is 21.7. The van der Waals surface area contributed by atoms with Crippen LogP contribution < -0.4 is 16.4 Å². The van der Waals surface area contributed by atoms with Crippen LogP contribution in [0.25, 0.3) is 5.69 Å². The average Bonchev–Trinajstić information content (AvgIpc) is 3.35. The van der Waals surface area contributed by atoms with Crippen molar-refractivity contribution >= 4 is 11.6 Å². The fraction of sp³-hybridized carbons (Fsp3) is 0.290. The second kappa shape index (κ2) is 11.7. The lowest BCUT2D eigenvalue weighted by Crippen LogP contribution is -2.37. The molecule has 1 atom stereocenters. The molecule has 4 aromatic rings. The Morgan fingerprint density at radius 1 is 0.974 bits per heavy atom. The van der Waals surface area contributed by atoms with Crippen LogP contribution in [-0.4, -0.2) is 32.9 Å². The van der Waals surface area contributed by atoms with Gasteiger partial charge in [-0.15, -0.1) is 0 Å². The van der Waals surface area contributed by atoms with E-state index in [1.165, 1.54) is 0 Å². The van der Waals surface area contributed by atoms with Crippen molar-refractivity contribution in [3.63, 3.8) is 0 Å². The minimum Gasteiger partial charge on any atom is -0.393 e. The summed E-state index contributed by atoms with van der Waals surface area (Å²) in [5.41, 5.74) is 11.8. The number of carbonyl (C=O) groups is 1. The fourth-order valence-electron chi connectivity index (χ4n) is 5.17. The smallest absolute Gasteiger partial charge is 0.274 e. The lowest BCUT2D eigenvalue weighted by molar-refractivity contribution is 0.101. The second-order valence-corrected chi connectivity index (χ2v) is 10.1. The highest BCUT2D eigenvalue weighted by atomic mass is 16.3. The molecule has 1 saturated carbocycles. The van der Waals surface area contributed by atoms with Crippen molar-refractivity contribution in [1.29, 1.82) is 0 Å². The van der Waals surface area contributed by atoms with Crippen molar-refractivity contribution in [3.05, 3.63) is 113 Å². The van der Waals surface area contributed by atoms with Gasteiger partial charge in [0.05, 0.1) is 23.5 Å². The first-order valence-electron chi connectivity index (χ1n) is 13.3. The maximum absolute atomic E-state index is 13.4. The summed E-state index contributed by atoms with van der Waals surface area (Å²) in [6.45, 7) is 2.29. The summed E-state index contributed by atoms with van der Waals surface area (Å²) < 4.78 is 1.67. The molecule has 1 heterocycles. The molecule has 0 spiro atoms. The Kier molecular flexibility index (Phi) is 7.98. The number of aromatic nitrogens is 2. The molecule has 0 radical (unpaired) electrons. The van der Waals surface area contributed by atoms with Crippen molar-refractivity contribution in [2.75, 3.05) is 5.32 Å². The van der Waals surface area contributed by atoms with Crippen LogP contribution in [-0.2, 0) is 6.54 Å². The summed E-state index contributed by atoms with van der Waals surface area (Å²) in [6.07, 6.45) is 3.31. The number of amides is 1. The van der Waals surface area contributed by atoms with Gasteiger partial charge in [-0.25, -0.2) is 4.68 Å². The van der Waals surface area contributed by atoms with Gasteiger partial charge in [0.25, 0.3) is 5.91 Å². The summed E-state index contributed by atoms with van der Waals surface area (Å²) in [7, 11) is 0. The largest absolute Gasteiger partial charge is 0.393 e. The number of nitrogens with one attached hydrogen (secondary N) is 2. The van der Waals surface area contributed by atoms with Crippen LogP contribution in [0, 0.1) is 6.92 Å². The molecule has 38 heavy (non-hydrogen) atoms. The van der Waals surface area contributed by atoms with E-state index in [0.717, 1.165) is 59.4 Å². The third-order valence-corrected chi connectivity index (χ3v) is 7.16. The monoisotopic (exact) mass is 509 g/mol. The molecule has 1 aromatic heterocycles. The van der Waals surface area contributed by atoms with E-state index in [1.807, 2.05) is 67.6 Å². The lowest BCUT2D eigenvalue weighted by atomic mass is 9.90. The number of nitrogens with two attached hydrogens (primary N) is 1. The van der Waals surface area contributed by atoms with Crippen molar-refractivity contribution in [2.45, 2.75) is 57.3 Å². The number of hydrogen-bond donors (Lipinski definition) is 4. The van der Waals surface area contributed by atoms with E-state index in [4.69, 9.17) is 5.73 Å². The molecule has 3 aromatic carbocycles. The Morgan fingerprint density at radius 3 is 2.47 bits per heavy atom.